The molecule has 15 heavy (non-hydrogen) atoms. The van der Waals surface area contributed by atoms with Crippen molar-refractivity contribution in [3.63, 3.8) is 0 Å². The van der Waals surface area contributed by atoms with Crippen molar-refractivity contribution < 1.29 is 9.84 Å². The normalized spacial score (nSPS) is 12.5. The Kier molecular flexibility index (Phi) is 5.23. The molecule has 1 atom stereocenters. The summed E-state index contributed by atoms with van der Waals surface area (Å²) >= 11 is 11.4. The van der Waals surface area contributed by atoms with Crippen molar-refractivity contribution in [1.29, 1.82) is 0 Å². The van der Waals surface area contributed by atoms with Crippen molar-refractivity contribution >= 4 is 23.2 Å². The van der Waals surface area contributed by atoms with Crippen molar-refractivity contribution in [3.05, 3.63) is 28.8 Å². The molecular formula is C11H14Cl2O2. The number of ether oxygens (including phenoxy) is 1. The maximum Gasteiger partial charge on any atom is 0.119 e. The zero-order valence-corrected chi connectivity index (χ0v) is 10.1. The minimum absolute atomic E-state index is 0.258. The molecule has 1 aromatic rings. The fourth-order valence-corrected chi connectivity index (χ4v) is 1.48. The monoisotopic (exact) mass is 248 g/mol. The molecule has 0 saturated heterocycles. The van der Waals surface area contributed by atoms with Gasteiger partial charge in [-0.05, 0) is 37.1 Å². The van der Waals surface area contributed by atoms with Crippen LogP contribution in [0.25, 0.3) is 0 Å². The Bertz CT molecular complexity index is 315. The molecule has 1 unspecified atom stereocenters. The predicted molar refractivity (Wildman–Crippen MR) is 63.0 cm³/mol. The van der Waals surface area contributed by atoms with E-state index in [0.717, 1.165) is 5.56 Å². The van der Waals surface area contributed by atoms with Gasteiger partial charge in [-0.15, -0.1) is 11.6 Å². The van der Waals surface area contributed by atoms with E-state index in [1.807, 2.05) is 13.0 Å². The molecule has 1 N–H and O–H groups in total. The summed E-state index contributed by atoms with van der Waals surface area (Å²) in [5, 5.41) is 10.1. The van der Waals surface area contributed by atoms with Crippen LogP contribution in [-0.4, -0.2) is 23.7 Å². The summed E-state index contributed by atoms with van der Waals surface area (Å²) in [7, 11) is 0. The average molecular weight is 249 g/mol. The third-order valence-electron chi connectivity index (χ3n) is 2.01. The molecule has 84 valence electrons. The fourth-order valence-electron chi connectivity index (χ4n) is 1.11. The lowest BCUT2D eigenvalue weighted by Gasteiger charge is -2.11. The second-order valence-electron chi connectivity index (χ2n) is 3.35. The number of aliphatic hydroxyl groups excluding tert-OH is 1. The van der Waals surface area contributed by atoms with Crippen LogP contribution in [0.3, 0.4) is 0 Å². The number of aliphatic hydroxyl groups is 1. The van der Waals surface area contributed by atoms with Crippen LogP contribution in [0, 0.1) is 6.92 Å². The molecule has 4 heteroatoms. The summed E-state index contributed by atoms with van der Waals surface area (Å²) < 4.78 is 5.39. The van der Waals surface area contributed by atoms with E-state index in [2.05, 4.69) is 0 Å². The summed E-state index contributed by atoms with van der Waals surface area (Å²) in [5.41, 5.74) is 0.959. The van der Waals surface area contributed by atoms with E-state index in [4.69, 9.17) is 27.9 Å². The fraction of sp³-hybridized carbons (Fsp3) is 0.455. The number of hydrogen-bond donors (Lipinski definition) is 1. The summed E-state index contributed by atoms with van der Waals surface area (Å²) in [6, 6.07) is 5.40. The van der Waals surface area contributed by atoms with Crippen LogP contribution in [0.2, 0.25) is 5.02 Å². The van der Waals surface area contributed by atoms with Crippen LogP contribution >= 0.6 is 23.2 Å². The van der Waals surface area contributed by atoms with Crippen molar-refractivity contribution in [3.8, 4) is 5.75 Å². The molecule has 0 aromatic heterocycles. The zero-order valence-electron chi connectivity index (χ0n) is 8.54. The Balaban J connectivity index is 2.47. The first-order valence-corrected chi connectivity index (χ1v) is 5.67. The highest BCUT2D eigenvalue weighted by Crippen LogP contribution is 2.21. The first kappa shape index (κ1) is 12.6. The topological polar surface area (TPSA) is 29.5 Å². The van der Waals surface area contributed by atoms with Gasteiger partial charge in [0.2, 0.25) is 0 Å². The lowest BCUT2D eigenvalue weighted by atomic mass is 10.2. The molecule has 0 heterocycles. The van der Waals surface area contributed by atoms with Gasteiger partial charge in [0.15, 0.2) is 0 Å². The Morgan fingerprint density at radius 2 is 2.20 bits per heavy atom. The highest BCUT2D eigenvalue weighted by atomic mass is 35.5. The van der Waals surface area contributed by atoms with E-state index >= 15 is 0 Å². The van der Waals surface area contributed by atoms with E-state index in [1.165, 1.54) is 0 Å². The van der Waals surface area contributed by atoms with Gasteiger partial charge >= 0.3 is 0 Å². The lowest BCUT2D eigenvalue weighted by Crippen LogP contribution is -2.17. The number of aryl methyl sites for hydroxylation is 1. The third kappa shape index (κ3) is 4.29. The number of rotatable bonds is 5. The molecule has 0 fully saturated rings. The van der Waals surface area contributed by atoms with Crippen LogP contribution in [0.1, 0.15) is 12.0 Å². The third-order valence-corrected chi connectivity index (χ3v) is 2.66. The van der Waals surface area contributed by atoms with E-state index < -0.39 is 6.10 Å². The highest BCUT2D eigenvalue weighted by Gasteiger charge is 2.04. The van der Waals surface area contributed by atoms with Crippen molar-refractivity contribution in [1.82, 2.24) is 0 Å². The minimum Gasteiger partial charge on any atom is -0.491 e. The summed E-state index contributed by atoms with van der Waals surface area (Å²) in [5.74, 6) is 1.15. The minimum atomic E-state index is -0.515. The molecule has 0 radical (unpaired) electrons. The summed E-state index contributed by atoms with van der Waals surface area (Å²) in [6.45, 7) is 2.16. The number of halogens is 2. The van der Waals surface area contributed by atoms with Gasteiger partial charge < -0.3 is 9.84 Å². The van der Waals surface area contributed by atoms with Crippen LogP contribution in [0.15, 0.2) is 18.2 Å². The van der Waals surface area contributed by atoms with Gasteiger partial charge in [0.1, 0.15) is 12.4 Å². The van der Waals surface area contributed by atoms with Crippen LogP contribution in [0.5, 0.6) is 5.75 Å². The van der Waals surface area contributed by atoms with Crippen LogP contribution in [-0.2, 0) is 0 Å². The van der Waals surface area contributed by atoms with Gasteiger partial charge in [-0.1, -0.05) is 11.6 Å². The molecule has 2 nitrogen and oxygen atoms in total. The summed E-state index contributed by atoms with van der Waals surface area (Å²) in [6.07, 6.45) is 0.0205. The smallest absolute Gasteiger partial charge is 0.119 e. The van der Waals surface area contributed by atoms with E-state index in [1.54, 1.807) is 12.1 Å². The number of benzene rings is 1. The Morgan fingerprint density at radius 1 is 1.47 bits per heavy atom. The van der Waals surface area contributed by atoms with Crippen molar-refractivity contribution in [2.45, 2.75) is 19.4 Å². The Hall–Kier alpha value is -0.440. The maximum atomic E-state index is 9.40. The standard InChI is InChI=1S/C11H14Cl2O2/c1-8-6-10(2-3-11(8)13)15-7-9(14)4-5-12/h2-3,6,9,14H,4-5,7H2,1H3. The molecular weight excluding hydrogens is 235 g/mol. The van der Waals surface area contributed by atoms with E-state index in [0.29, 0.717) is 23.1 Å². The molecule has 0 aliphatic carbocycles. The molecule has 0 amide bonds. The molecule has 0 aliphatic heterocycles. The first-order valence-electron chi connectivity index (χ1n) is 4.76. The lowest BCUT2D eigenvalue weighted by molar-refractivity contribution is 0.105. The highest BCUT2D eigenvalue weighted by molar-refractivity contribution is 6.31. The zero-order chi connectivity index (χ0) is 11.3. The molecule has 0 saturated carbocycles. The predicted octanol–water partition coefficient (Wildman–Crippen LogP) is 3.02. The molecule has 0 spiro atoms. The van der Waals surface area contributed by atoms with Gasteiger partial charge in [-0.25, -0.2) is 0 Å². The maximum absolute atomic E-state index is 9.40. The summed E-state index contributed by atoms with van der Waals surface area (Å²) in [4.78, 5) is 0. The molecule has 0 aliphatic rings. The van der Waals surface area contributed by atoms with Gasteiger partial charge in [0, 0.05) is 10.9 Å². The van der Waals surface area contributed by atoms with Crippen LogP contribution in [0.4, 0.5) is 0 Å². The molecule has 1 aromatic carbocycles. The molecule has 1 rings (SSSR count). The largest absolute Gasteiger partial charge is 0.491 e. The van der Waals surface area contributed by atoms with E-state index in [9.17, 15) is 5.11 Å². The Labute approximate surface area is 99.8 Å². The van der Waals surface area contributed by atoms with Gasteiger partial charge in [-0.2, -0.15) is 0 Å². The second kappa shape index (κ2) is 6.21. The SMILES string of the molecule is Cc1cc(OCC(O)CCCl)ccc1Cl. The van der Waals surface area contributed by atoms with Gasteiger partial charge in [0.05, 0.1) is 6.10 Å². The quantitative estimate of drug-likeness (QED) is 0.813. The molecule has 0 bridgehead atoms. The number of hydrogen-bond acceptors (Lipinski definition) is 2. The average Bonchev–Trinajstić information content (AvgIpc) is 2.20. The van der Waals surface area contributed by atoms with Gasteiger partial charge in [0.25, 0.3) is 0 Å². The second-order valence-corrected chi connectivity index (χ2v) is 4.14. The van der Waals surface area contributed by atoms with Crippen LogP contribution < -0.4 is 4.74 Å². The first-order chi connectivity index (χ1) is 7.13. The van der Waals surface area contributed by atoms with Crippen molar-refractivity contribution in [2.24, 2.45) is 0 Å². The van der Waals surface area contributed by atoms with Gasteiger partial charge in [-0.3, -0.25) is 0 Å². The van der Waals surface area contributed by atoms with E-state index in [-0.39, 0.29) is 6.61 Å². The Morgan fingerprint density at radius 3 is 2.80 bits per heavy atom. The van der Waals surface area contributed by atoms with Crippen molar-refractivity contribution in [2.75, 3.05) is 12.5 Å². The number of alkyl halides is 1.